The maximum absolute atomic E-state index is 12.4. The first-order chi connectivity index (χ1) is 11.5. The second-order valence-corrected chi connectivity index (χ2v) is 5.11. The van der Waals surface area contributed by atoms with Gasteiger partial charge in [0.05, 0.1) is 23.8 Å². The van der Waals surface area contributed by atoms with Crippen LogP contribution in [0.5, 0.6) is 5.75 Å². The van der Waals surface area contributed by atoms with Crippen molar-refractivity contribution in [1.29, 1.82) is 0 Å². The van der Waals surface area contributed by atoms with E-state index >= 15 is 0 Å². The molecule has 24 heavy (non-hydrogen) atoms. The van der Waals surface area contributed by atoms with Crippen molar-refractivity contribution in [3.63, 3.8) is 0 Å². The highest BCUT2D eigenvalue weighted by Gasteiger charge is 2.14. The molecule has 0 aliphatic rings. The summed E-state index contributed by atoms with van der Waals surface area (Å²) in [6.07, 6.45) is 0. The lowest BCUT2D eigenvalue weighted by molar-refractivity contribution is 0.102. The van der Waals surface area contributed by atoms with Gasteiger partial charge in [-0.3, -0.25) is 19.6 Å². The molecule has 3 N–H and O–H groups in total. The van der Waals surface area contributed by atoms with Gasteiger partial charge in [0, 0.05) is 5.69 Å². The SMILES string of the molecule is COc1ccc(NC(=O)c2cc3c(=O)[nH]c(=O)[nH]c3nc2C)cc1. The molecule has 2 heterocycles. The van der Waals surface area contributed by atoms with Crippen LogP contribution in [-0.2, 0) is 0 Å². The summed E-state index contributed by atoms with van der Waals surface area (Å²) in [6.45, 7) is 1.63. The Morgan fingerprint density at radius 1 is 1.17 bits per heavy atom. The Bertz CT molecular complexity index is 1030. The Morgan fingerprint density at radius 2 is 1.88 bits per heavy atom. The molecule has 0 atom stereocenters. The quantitative estimate of drug-likeness (QED) is 0.668. The van der Waals surface area contributed by atoms with Crippen LogP contribution in [0.25, 0.3) is 11.0 Å². The zero-order chi connectivity index (χ0) is 17.3. The van der Waals surface area contributed by atoms with Crippen LogP contribution in [0.4, 0.5) is 5.69 Å². The molecule has 8 nitrogen and oxygen atoms in total. The largest absolute Gasteiger partial charge is 0.497 e. The predicted octanol–water partition coefficient (Wildman–Crippen LogP) is 1.18. The Balaban J connectivity index is 1.98. The van der Waals surface area contributed by atoms with Crippen molar-refractivity contribution in [2.24, 2.45) is 0 Å². The number of nitrogens with one attached hydrogen (secondary N) is 3. The van der Waals surface area contributed by atoms with Gasteiger partial charge in [0.25, 0.3) is 11.5 Å². The maximum atomic E-state index is 12.4. The summed E-state index contributed by atoms with van der Waals surface area (Å²) in [7, 11) is 1.56. The molecule has 0 aliphatic heterocycles. The van der Waals surface area contributed by atoms with E-state index in [-0.39, 0.29) is 16.6 Å². The van der Waals surface area contributed by atoms with Crippen molar-refractivity contribution in [2.75, 3.05) is 12.4 Å². The molecule has 3 aromatic rings. The number of H-pyrrole nitrogens is 2. The first-order valence-electron chi connectivity index (χ1n) is 7.07. The minimum absolute atomic E-state index is 0.139. The van der Waals surface area contributed by atoms with Gasteiger partial charge in [-0.05, 0) is 37.3 Å². The summed E-state index contributed by atoms with van der Waals surface area (Å²) in [5, 5.41) is 2.87. The molecule has 1 amide bonds. The lowest BCUT2D eigenvalue weighted by Crippen LogP contribution is -2.24. The van der Waals surface area contributed by atoms with Crippen LogP contribution in [0.15, 0.2) is 39.9 Å². The second kappa shape index (κ2) is 5.99. The number of rotatable bonds is 3. The fourth-order valence-electron chi connectivity index (χ4n) is 2.29. The van der Waals surface area contributed by atoms with E-state index in [2.05, 4.69) is 20.3 Å². The van der Waals surface area contributed by atoms with Gasteiger partial charge in [-0.15, -0.1) is 0 Å². The van der Waals surface area contributed by atoms with Crippen LogP contribution >= 0.6 is 0 Å². The lowest BCUT2D eigenvalue weighted by Gasteiger charge is -2.09. The lowest BCUT2D eigenvalue weighted by atomic mass is 10.1. The van der Waals surface area contributed by atoms with E-state index < -0.39 is 17.2 Å². The number of amides is 1. The van der Waals surface area contributed by atoms with E-state index in [1.807, 2.05) is 0 Å². The summed E-state index contributed by atoms with van der Waals surface area (Å²) in [5.74, 6) is 0.268. The van der Waals surface area contributed by atoms with Crippen molar-refractivity contribution in [2.45, 2.75) is 6.92 Å². The van der Waals surface area contributed by atoms with E-state index in [1.54, 1.807) is 38.3 Å². The molecule has 0 spiro atoms. The van der Waals surface area contributed by atoms with Crippen molar-refractivity contribution < 1.29 is 9.53 Å². The molecule has 0 saturated carbocycles. The number of pyridine rings is 1. The Kier molecular flexibility index (Phi) is 3.87. The number of anilines is 1. The van der Waals surface area contributed by atoms with Crippen LogP contribution in [0.2, 0.25) is 0 Å². The van der Waals surface area contributed by atoms with Gasteiger partial charge in [-0.2, -0.15) is 0 Å². The van der Waals surface area contributed by atoms with Crippen molar-refractivity contribution >= 4 is 22.6 Å². The van der Waals surface area contributed by atoms with Crippen molar-refractivity contribution in [3.05, 3.63) is 62.4 Å². The Morgan fingerprint density at radius 3 is 2.54 bits per heavy atom. The minimum atomic E-state index is -0.644. The summed E-state index contributed by atoms with van der Waals surface area (Å²) in [5.41, 5.74) is 0.123. The number of carbonyl (C=O) groups is 1. The first-order valence-corrected chi connectivity index (χ1v) is 7.07. The molecular weight excluding hydrogens is 312 g/mol. The van der Waals surface area contributed by atoms with Gasteiger partial charge < -0.3 is 10.1 Å². The minimum Gasteiger partial charge on any atom is -0.497 e. The van der Waals surface area contributed by atoms with E-state index in [0.717, 1.165) is 0 Å². The Hall–Kier alpha value is -3.42. The van der Waals surface area contributed by atoms with E-state index in [0.29, 0.717) is 17.1 Å². The molecule has 0 aliphatic carbocycles. The monoisotopic (exact) mass is 326 g/mol. The fourth-order valence-corrected chi connectivity index (χ4v) is 2.29. The number of fused-ring (bicyclic) bond motifs is 1. The van der Waals surface area contributed by atoms with E-state index in [1.165, 1.54) is 6.07 Å². The zero-order valence-electron chi connectivity index (χ0n) is 13.0. The fraction of sp³-hybridized carbons (Fsp3) is 0.125. The molecule has 0 fully saturated rings. The van der Waals surface area contributed by atoms with Crippen LogP contribution < -0.4 is 21.3 Å². The number of hydrogen-bond acceptors (Lipinski definition) is 5. The summed E-state index contributed by atoms with van der Waals surface area (Å²) < 4.78 is 5.06. The molecule has 0 radical (unpaired) electrons. The summed E-state index contributed by atoms with van der Waals surface area (Å²) >= 11 is 0. The number of methoxy groups -OCH3 is 1. The van der Waals surface area contributed by atoms with Crippen molar-refractivity contribution in [3.8, 4) is 5.75 Å². The predicted molar refractivity (Wildman–Crippen MR) is 88.7 cm³/mol. The third-order valence-electron chi connectivity index (χ3n) is 3.51. The average Bonchev–Trinajstić information content (AvgIpc) is 2.54. The average molecular weight is 326 g/mol. The smallest absolute Gasteiger partial charge is 0.327 e. The third-order valence-corrected chi connectivity index (χ3v) is 3.51. The molecule has 2 aromatic heterocycles. The molecule has 122 valence electrons. The van der Waals surface area contributed by atoms with E-state index in [9.17, 15) is 14.4 Å². The molecule has 0 saturated heterocycles. The molecule has 0 bridgehead atoms. The van der Waals surface area contributed by atoms with Crippen LogP contribution in [-0.4, -0.2) is 28.0 Å². The standard InChI is InChI=1S/C16H14N4O4/c1-8-11(7-12-13(17-8)19-16(23)20-15(12)22)14(21)18-9-3-5-10(24-2)6-4-9/h3-7H,1-2H3,(H,18,21)(H2,17,19,20,22,23). The molecule has 0 unspecified atom stereocenters. The number of carbonyl (C=O) groups excluding carboxylic acids is 1. The van der Waals surface area contributed by atoms with Gasteiger partial charge in [0.1, 0.15) is 11.4 Å². The van der Waals surface area contributed by atoms with Gasteiger partial charge in [0.2, 0.25) is 0 Å². The summed E-state index contributed by atoms with van der Waals surface area (Å²) in [6, 6.07) is 8.24. The summed E-state index contributed by atoms with van der Waals surface area (Å²) in [4.78, 5) is 44.3. The molecule has 3 rings (SSSR count). The number of aromatic nitrogens is 3. The normalized spacial score (nSPS) is 10.6. The zero-order valence-corrected chi connectivity index (χ0v) is 13.0. The van der Waals surface area contributed by atoms with Gasteiger partial charge in [0.15, 0.2) is 0 Å². The highest BCUT2D eigenvalue weighted by Crippen LogP contribution is 2.17. The molecule has 1 aromatic carbocycles. The maximum Gasteiger partial charge on any atom is 0.327 e. The van der Waals surface area contributed by atoms with Crippen LogP contribution in [0.1, 0.15) is 16.1 Å². The van der Waals surface area contributed by atoms with Gasteiger partial charge in [-0.25, -0.2) is 9.78 Å². The number of nitrogens with zero attached hydrogens (tertiary/aromatic N) is 1. The van der Waals surface area contributed by atoms with E-state index in [4.69, 9.17) is 4.74 Å². The number of aryl methyl sites for hydroxylation is 1. The number of ether oxygens (including phenoxy) is 1. The number of aromatic amines is 2. The molecule has 8 heteroatoms. The number of hydrogen-bond donors (Lipinski definition) is 3. The highest BCUT2D eigenvalue weighted by atomic mass is 16.5. The van der Waals surface area contributed by atoms with Crippen molar-refractivity contribution in [1.82, 2.24) is 15.0 Å². The highest BCUT2D eigenvalue weighted by molar-refractivity contribution is 6.06. The second-order valence-electron chi connectivity index (χ2n) is 5.11. The Labute approximate surface area is 135 Å². The van der Waals surface area contributed by atoms with Gasteiger partial charge in [-0.1, -0.05) is 0 Å². The van der Waals surface area contributed by atoms with Gasteiger partial charge >= 0.3 is 5.69 Å². The van der Waals surface area contributed by atoms with Crippen LogP contribution in [0, 0.1) is 6.92 Å². The topological polar surface area (TPSA) is 117 Å². The third kappa shape index (κ3) is 2.89. The number of benzene rings is 1. The first kappa shape index (κ1) is 15.5. The molecular formula is C16H14N4O4. The van der Waals surface area contributed by atoms with Crippen LogP contribution in [0.3, 0.4) is 0 Å².